The fraction of sp³-hybridized carbons (Fsp3) is 0.300. The normalized spacial score (nSPS) is 15.2. The van der Waals surface area contributed by atoms with Crippen molar-refractivity contribution in [3.8, 4) is 11.4 Å². The van der Waals surface area contributed by atoms with Crippen LogP contribution >= 0.6 is 12.2 Å². The predicted octanol–water partition coefficient (Wildman–Crippen LogP) is 3.68. The molecule has 1 fully saturated rings. The number of hydrogen-bond donors (Lipinski definition) is 0. The first kappa shape index (κ1) is 18.8. The molecule has 0 amide bonds. The highest BCUT2D eigenvalue weighted by atomic mass is 32.1. The van der Waals surface area contributed by atoms with Crippen molar-refractivity contribution >= 4 is 17.9 Å². The zero-order chi connectivity index (χ0) is 19.7. The minimum absolute atomic E-state index is 0.219. The van der Waals surface area contributed by atoms with E-state index in [9.17, 15) is 8.78 Å². The second-order valence-corrected chi connectivity index (χ2v) is 7.26. The number of anilines is 1. The molecule has 0 spiro atoms. The summed E-state index contributed by atoms with van der Waals surface area (Å²) in [5.74, 6) is 0.224. The first-order valence-electron chi connectivity index (χ1n) is 9.14. The molecule has 0 unspecified atom stereocenters. The maximum atomic E-state index is 13.2. The van der Waals surface area contributed by atoms with Crippen molar-refractivity contribution in [1.29, 1.82) is 0 Å². The fourth-order valence-electron chi connectivity index (χ4n) is 3.42. The number of piperazine rings is 1. The average Bonchev–Trinajstić information content (AvgIpc) is 2.98. The van der Waals surface area contributed by atoms with Crippen LogP contribution in [0.2, 0.25) is 0 Å². The van der Waals surface area contributed by atoms with Gasteiger partial charge in [-0.15, -0.1) is 0 Å². The molecule has 4 rings (SSSR count). The van der Waals surface area contributed by atoms with Gasteiger partial charge in [-0.3, -0.25) is 4.90 Å². The third-order valence-corrected chi connectivity index (χ3v) is 5.53. The van der Waals surface area contributed by atoms with Crippen LogP contribution in [0.3, 0.4) is 0 Å². The van der Waals surface area contributed by atoms with Crippen LogP contribution in [0.25, 0.3) is 11.4 Å². The Hall–Kier alpha value is -2.58. The molecule has 0 aliphatic carbocycles. The number of halogens is 2. The van der Waals surface area contributed by atoms with E-state index in [2.05, 4.69) is 14.9 Å². The summed E-state index contributed by atoms with van der Waals surface area (Å²) < 4.78 is 30.6. The summed E-state index contributed by atoms with van der Waals surface area (Å²) in [6, 6.07) is 12.9. The van der Waals surface area contributed by atoms with Gasteiger partial charge in [-0.2, -0.15) is 5.10 Å². The summed E-state index contributed by atoms with van der Waals surface area (Å²) >= 11 is 5.54. The van der Waals surface area contributed by atoms with Gasteiger partial charge in [0.2, 0.25) is 0 Å². The molecule has 146 valence electrons. The summed E-state index contributed by atoms with van der Waals surface area (Å²) in [6.07, 6.45) is 0. The summed E-state index contributed by atoms with van der Waals surface area (Å²) in [6.45, 7) is 4.04. The van der Waals surface area contributed by atoms with Gasteiger partial charge >= 0.3 is 0 Å². The Morgan fingerprint density at radius 1 is 0.893 bits per heavy atom. The zero-order valence-electron chi connectivity index (χ0n) is 15.6. The molecule has 0 saturated carbocycles. The molecule has 1 saturated heterocycles. The molecule has 0 bridgehead atoms. The molecule has 2 aromatic carbocycles. The summed E-state index contributed by atoms with van der Waals surface area (Å²) in [5, 5.41) is 4.65. The van der Waals surface area contributed by atoms with Crippen LogP contribution in [0.15, 0.2) is 48.5 Å². The maximum absolute atomic E-state index is 13.2. The molecule has 1 aromatic heterocycles. The van der Waals surface area contributed by atoms with E-state index in [4.69, 9.17) is 12.2 Å². The van der Waals surface area contributed by atoms with Crippen LogP contribution < -0.4 is 4.90 Å². The minimum atomic E-state index is -0.275. The SMILES string of the molecule is Cn1c(-c2ccc(F)cc2)nn(CN2CCN(c3ccc(F)cc3)CC2)c1=S. The number of hydrogen-bond acceptors (Lipinski definition) is 4. The molecule has 0 atom stereocenters. The topological polar surface area (TPSA) is 29.2 Å². The van der Waals surface area contributed by atoms with E-state index in [1.54, 1.807) is 12.1 Å². The van der Waals surface area contributed by atoms with E-state index in [1.165, 1.54) is 24.3 Å². The average molecular weight is 401 g/mol. The Balaban J connectivity index is 1.44. The lowest BCUT2D eigenvalue weighted by molar-refractivity contribution is 0.194. The highest BCUT2D eigenvalue weighted by Gasteiger charge is 2.19. The first-order valence-corrected chi connectivity index (χ1v) is 9.55. The Morgan fingerprint density at radius 3 is 2.07 bits per heavy atom. The highest BCUT2D eigenvalue weighted by molar-refractivity contribution is 7.71. The van der Waals surface area contributed by atoms with Crippen LogP contribution in [0, 0.1) is 16.4 Å². The Morgan fingerprint density at radius 2 is 1.46 bits per heavy atom. The molecule has 2 heterocycles. The molecule has 3 aromatic rings. The Labute approximate surface area is 167 Å². The zero-order valence-corrected chi connectivity index (χ0v) is 16.4. The lowest BCUT2D eigenvalue weighted by Gasteiger charge is -2.35. The molecular formula is C20H21F2N5S. The largest absolute Gasteiger partial charge is 0.369 e. The Bertz CT molecular complexity index is 1000. The van der Waals surface area contributed by atoms with Crippen LogP contribution in [0.5, 0.6) is 0 Å². The van der Waals surface area contributed by atoms with Crippen molar-refractivity contribution in [3.63, 3.8) is 0 Å². The number of benzene rings is 2. The Kier molecular flexibility index (Phi) is 5.23. The van der Waals surface area contributed by atoms with E-state index in [0.29, 0.717) is 11.4 Å². The van der Waals surface area contributed by atoms with E-state index in [1.807, 2.05) is 28.4 Å². The van der Waals surface area contributed by atoms with Crippen LogP contribution in [-0.4, -0.2) is 45.4 Å². The van der Waals surface area contributed by atoms with Gasteiger partial charge in [0.05, 0.1) is 6.67 Å². The van der Waals surface area contributed by atoms with E-state index < -0.39 is 0 Å². The lowest BCUT2D eigenvalue weighted by atomic mass is 10.2. The number of nitrogens with zero attached hydrogens (tertiary/aromatic N) is 5. The van der Waals surface area contributed by atoms with Gasteiger partial charge in [-0.1, -0.05) is 0 Å². The molecule has 1 aliphatic rings. The van der Waals surface area contributed by atoms with Gasteiger partial charge in [0.1, 0.15) is 11.6 Å². The van der Waals surface area contributed by atoms with E-state index >= 15 is 0 Å². The molecule has 28 heavy (non-hydrogen) atoms. The van der Waals surface area contributed by atoms with Gasteiger partial charge in [-0.05, 0) is 60.7 Å². The quantitative estimate of drug-likeness (QED) is 0.624. The van der Waals surface area contributed by atoms with Gasteiger partial charge in [0.25, 0.3) is 0 Å². The van der Waals surface area contributed by atoms with Crippen molar-refractivity contribution in [1.82, 2.24) is 19.2 Å². The van der Waals surface area contributed by atoms with Crippen LogP contribution in [0.1, 0.15) is 0 Å². The number of aromatic nitrogens is 3. The second-order valence-electron chi connectivity index (χ2n) is 6.89. The maximum Gasteiger partial charge on any atom is 0.199 e. The minimum Gasteiger partial charge on any atom is -0.369 e. The molecule has 0 radical (unpaired) electrons. The van der Waals surface area contributed by atoms with Crippen molar-refractivity contribution in [3.05, 3.63) is 64.9 Å². The standard InChI is InChI=1S/C20H21F2N5S/c1-24-19(15-2-4-16(21)5-3-15)23-27(20(24)28)14-25-10-12-26(13-11-25)18-8-6-17(22)7-9-18/h2-9H,10-14H2,1H3. The summed E-state index contributed by atoms with van der Waals surface area (Å²) in [5.41, 5.74) is 1.86. The predicted molar refractivity (Wildman–Crippen MR) is 108 cm³/mol. The summed E-state index contributed by atoms with van der Waals surface area (Å²) in [7, 11) is 1.87. The van der Waals surface area contributed by atoms with Crippen molar-refractivity contribution in [2.24, 2.45) is 7.05 Å². The van der Waals surface area contributed by atoms with E-state index in [-0.39, 0.29) is 11.6 Å². The second kappa shape index (κ2) is 7.81. The van der Waals surface area contributed by atoms with Crippen LogP contribution in [0.4, 0.5) is 14.5 Å². The molecule has 0 N–H and O–H groups in total. The third kappa shape index (κ3) is 3.83. The van der Waals surface area contributed by atoms with Gasteiger partial charge in [0.15, 0.2) is 10.6 Å². The van der Waals surface area contributed by atoms with Gasteiger partial charge < -0.3 is 9.47 Å². The highest BCUT2D eigenvalue weighted by Crippen LogP contribution is 2.19. The van der Waals surface area contributed by atoms with Crippen molar-refractivity contribution < 1.29 is 8.78 Å². The van der Waals surface area contributed by atoms with Crippen molar-refractivity contribution in [2.75, 3.05) is 31.1 Å². The lowest BCUT2D eigenvalue weighted by Crippen LogP contribution is -2.47. The molecule has 1 aliphatic heterocycles. The number of rotatable bonds is 4. The fourth-order valence-corrected chi connectivity index (χ4v) is 3.60. The first-order chi connectivity index (χ1) is 13.5. The monoisotopic (exact) mass is 401 g/mol. The third-order valence-electron chi connectivity index (χ3n) is 5.04. The van der Waals surface area contributed by atoms with Crippen molar-refractivity contribution in [2.45, 2.75) is 6.67 Å². The molecular weight excluding hydrogens is 380 g/mol. The smallest absolute Gasteiger partial charge is 0.199 e. The van der Waals surface area contributed by atoms with Gasteiger partial charge in [-0.25, -0.2) is 13.5 Å². The molecule has 8 heteroatoms. The molecule has 5 nitrogen and oxygen atoms in total. The van der Waals surface area contributed by atoms with Gasteiger partial charge in [0, 0.05) is 44.5 Å². The van der Waals surface area contributed by atoms with Crippen LogP contribution in [-0.2, 0) is 13.7 Å². The van der Waals surface area contributed by atoms with E-state index in [0.717, 1.165) is 43.3 Å². The summed E-state index contributed by atoms with van der Waals surface area (Å²) in [4.78, 5) is 4.54.